The second-order valence-electron chi connectivity index (χ2n) is 8.08. The molecular weight excluding hydrogens is 486 g/mol. The van der Waals surface area contributed by atoms with Gasteiger partial charge in [-0.15, -0.1) is 11.3 Å². The van der Waals surface area contributed by atoms with Crippen LogP contribution in [0.2, 0.25) is 0 Å². The number of benzene rings is 1. The first-order valence-electron chi connectivity index (χ1n) is 11.1. The van der Waals surface area contributed by atoms with Gasteiger partial charge in [-0.1, -0.05) is 23.9 Å². The van der Waals surface area contributed by atoms with E-state index in [-0.39, 0.29) is 12.0 Å². The van der Waals surface area contributed by atoms with Crippen LogP contribution in [-0.2, 0) is 0 Å². The van der Waals surface area contributed by atoms with E-state index in [1.807, 2.05) is 60.0 Å². The highest BCUT2D eigenvalue weighted by Gasteiger charge is 2.28. The summed E-state index contributed by atoms with van der Waals surface area (Å²) in [5.74, 6) is 1.08. The summed E-state index contributed by atoms with van der Waals surface area (Å²) in [6, 6.07) is 11.4. The number of hydrogen-bond donors (Lipinski definition) is 1. The van der Waals surface area contributed by atoms with E-state index >= 15 is 0 Å². The lowest BCUT2D eigenvalue weighted by Crippen LogP contribution is -2.33. The molecule has 1 unspecified atom stereocenters. The van der Waals surface area contributed by atoms with Crippen molar-refractivity contribution in [1.29, 1.82) is 0 Å². The molecule has 0 spiro atoms. The molecule has 0 saturated heterocycles. The lowest BCUT2D eigenvalue weighted by atomic mass is 10.2. The van der Waals surface area contributed by atoms with Crippen molar-refractivity contribution in [3.8, 4) is 5.75 Å². The second-order valence-corrected chi connectivity index (χ2v) is 9.84. The van der Waals surface area contributed by atoms with Crippen LogP contribution in [0.4, 0.5) is 16.3 Å². The Bertz CT molecular complexity index is 1190. The van der Waals surface area contributed by atoms with Gasteiger partial charge in [0.25, 0.3) is 5.91 Å². The van der Waals surface area contributed by atoms with Gasteiger partial charge in [0.05, 0.1) is 0 Å². The maximum atomic E-state index is 13.5. The van der Waals surface area contributed by atoms with Crippen LogP contribution in [0.15, 0.2) is 53.1 Å². The summed E-state index contributed by atoms with van der Waals surface area (Å²) in [5.41, 5.74) is 1.18. The molecule has 35 heavy (non-hydrogen) atoms. The Morgan fingerprint density at radius 1 is 1.31 bits per heavy atom. The van der Waals surface area contributed by atoms with Crippen LogP contribution in [0.25, 0.3) is 0 Å². The fourth-order valence-corrected chi connectivity index (χ4v) is 4.90. The summed E-state index contributed by atoms with van der Waals surface area (Å²) >= 11 is 3.00. The molecule has 11 heteroatoms. The van der Waals surface area contributed by atoms with Gasteiger partial charge in [-0.25, -0.2) is 14.8 Å². The molecule has 0 radical (unpaired) electrons. The fraction of sp³-hybridized carbons (Fsp3) is 0.333. The zero-order chi connectivity index (χ0) is 24.9. The Morgan fingerprint density at radius 3 is 2.86 bits per heavy atom. The molecule has 3 heterocycles. The molecule has 2 aromatic heterocycles. The number of amides is 2. The predicted molar refractivity (Wildman–Crippen MR) is 138 cm³/mol. The first-order chi connectivity index (χ1) is 16.9. The van der Waals surface area contributed by atoms with Gasteiger partial charge in [-0.2, -0.15) is 0 Å². The number of anilines is 2. The Hall–Kier alpha value is -3.31. The monoisotopic (exact) mass is 513 g/mol. The van der Waals surface area contributed by atoms with Crippen LogP contribution < -0.4 is 14.5 Å². The van der Waals surface area contributed by atoms with Crippen LogP contribution in [0.1, 0.15) is 27.8 Å². The number of likely N-dealkylation sites (N-methyl/N-ethyl adjacent to an activating group) is 1. The van der Waals surface area contributed by atoms with Crippen molar-refractivity contribution in [2.75, 3.05) is 49.8 Å². The van der Waals surface area contributed by atoms with E-state index in [1.54, 1.807) is 29.5 Å². The van der Waals surface area contributed by atoms with Gasteiger partial charge in [-0.3, -0.25) is 4.79 Å². The molecule has 3 aromatic rings. The SMILES string of the molecule is CSc1ncc2c(n1)N(C)CCN(c1cccc(OC(CCN(C)C(=O)O)c3cccs3)c1)C2=O. The molecule has 4 rings (SSSR count). The number of carbonyl (C=O) groups excluding carboxylic acids is 1. The molecule has 2 amide bonds. The summed E-state index contributed by atoms with van der Waals surface area (Å²) in [5, 5.41) is 11.8. The third kappa shape index (κ3) is 5.68. The van der Waals surface area contributed by atoms with Gasteiger partial charge in [0.1, 0.15) is 23.2 Å². The minimum Gasteiger partial charge on any atom is -0.485 e. The van der Waals surface area contributed by atoms with E-state index < -0.39 is 6.09 Å². The van der Waals surface area contributed by atoms with Gasteiger partial charge in [0.2, 0.25) is 0 Å². The molecule has 1 aliphatic rings. The highest BCUT2D eigenvalue weighted by molar-refractivity contribution is 7.98. The van der Waals surface area contributed by atoms with E-state index in [0.717, 1.165) is 10.6 Å². The molecule has 0 aliphatic carbocycles. The van der Waals surface area contributed by atoms with Crippen molar-refractivity contribution in [2.24, 2.45) is 0 Å². The Morgan fingerprint density at radius 2 is 2.14 bits per heavy atom. The molecule has 0 fully saturated rings. The lowest BCUT2D eigenvalue weighted by molar-refractivity contribution is 0.0989. The summed E-state index contributed by atoms with van der Waals surface area (Å²) in [6.07, 6.45) is 2.72. The first kappa shape index (κ1) is 24.8. The molecule has 9 nitrogen and oxygen atoms in total. The summed E-state index contributed by atoms with van der Waals surface area (Å²) in [6.45, 7) is 1.44. The van der Waals surface area contributed by atoms with Crippen LogP contribution in [0.5, 0.6) is 5.75 Å². The highest BCUT2D eigenvalue weighted by atomic mass is 32.2. The number of fused-ring (bicyclic) bond motifs is 1. The largest absolute Gasteiger partial charge is 0.485 e. The van der Waals surface area contributed by atoms with E-state index in [0.29, 0.717) is 48.3 Å². The average Bonchev–Trinajstić information content (AvgIpc) is 3.37. The van der Waals surface area contributed by atoms with Crippen LogP contribution in [0.3, 0.4) is 0 Å². The van der Waals surface area contributed by atoms with Gasteiger partial charge in [0, 0.05) is 63.0 Å². The molecule has 1 atom stereocenters. The Labute approximate surface area is 212 Å². The number of aromatic nitrogens is 2. The van der Waals surface area contributed by atoms with Crippen molar-refractivity contribution in [1.82, 2.24) is 14.9 Å². The number of carbonyl (C=O) groups is 2. The van der Waals surface area contributed by atoms with Crippen LogP contribution in [0, 0.1) is 0 Å². The van der Waals surface area contributed by atoms with Gasteiger partial charge in [0.15, 0.2) is 5.16 Å². The maximum absolute atomic E-state index is 13.5. The normalized spacial score (nSPS) is 14.3. The smallest absolute Gasteiger partial charge is 0.407 e. The number of carboxylic acid groups (broad SMARTS) is 1. The van der Waals surface area contributed by atoms with Gasteiger partial charge < -0.3 is 24.5 Å². The number of nitrogens with zero attached hydrogens (tertiary/aromatic N) is 5. The molecule has 184 valence electrons. The first-order valence-corrected chi connectivity index (χ1v) is 13.2. The van der Waals surface area contributed by atoms with Crippen LogP contribution in [-0.4, -0.2) is 72.0 Å². The summed E-state index contributed by atoms with van der Waals surface area (Å²) < 4.78 is 6.32. The van der Waals surface area contributed by atoms with Gasteiger partial charge >= 0.3 is 6.09 Å². The standard InChI is InChI=1S/C24H27N5O4S2/c1-27-11-12-29(22(30)18-15-25-23(34-3)26-21(18)27)16-6-4-7-17(14-16)33-19(20-8-5-13-35-20)9-10-28(2)24(31)32/h4-8,13-15,19H,9-12H2,1-3H3,(H,31,32). The molecule has 0 saturated carbocycles. The second kappa shape index (κ2) is 11.0. The van der Waals surface area contributed by atoms with E-state index in [2.05, 4.69) is 9.97 Å². The molecule has 1 aromatic carbocycles. The molecule has 0 bridgehead atoms. The lowest BCUT2D eigenvalue weighted by Gasteiger charge is -2.24. The average molecular weight is 514 g/mol. The van der Waals surface area contributed by atoms with E-state index in [9.17, 15) is 14.7 Å². The number of thiophene rings is 1. The fourth-order valence-electron chi connectivity index (χ4n) is 3.78. The number of ether oxygens (including phenoxy) is 1. The summed E-state index contributed by atoms with van der Waals surface area (Å²) in [7, 11) is 3.46. The number of rotatable bonds is 8. The van der Waals surface area contributed by atoms with E-state index in [1.165, 1.54) is 16.7 Å². The van der Waals surface area contributed by atoms with Crippen molar-refractivity contribution in [3.63, 3.8) is 0 Å². The maximum Gasteiger partial charge on any atom is 0.407 e. The topological polar surface area (TPSA) is 99.1 Å². The third-order valence-corrected chi connectivity index (χ3v) is 7.27. The third-order valence-electron chi connectivity index (χ3n) is 5.75. The van der Waals surface area contributed by atoms with Gasteiger partial charge in [-0.05, 0) is 29.8 Å². The van der Waals surface area contributed by atoms with E-state index in [4.69, 9.17) is 4.74 Å². The Balaban J connectivity index is 1.57. The minimum atomic E-state index is -0.976. The quantitative estimate of drug-likeness (QED) is 0.348. The van der Waals surface area contributed by atoms with Crippen molar-refractivity contribution >= 4 is 46.6 Å². The minimum absolute atomic E-state index is 0.160. The Kier molecular flexibility index (Phi) is 7.76. The predicted octanol–water partition coefficient (Wildman–Crippen LogP) is 4.48. The molecular formula is C24H27N5O4S2. The number of thioether (sulfide) groups is 1. The highest BCUT2D eigenvalue weighted by Crippen LogP contribution is 2.32. The van der Waals surface area contributed by atoms with Crippen molar-refractivity contribution in [3.05, 3.63) is 58.4 Å². The van der Waals surface area contributed by atoms with Crippen molar-refractivity contribution in [2.45, 2.75) is 17.7 Å². The van der Waals surface area contributed by atoms with Crippen LogP contribution >= 0.6 is 23.1 Å². The summed E-state index contributed by atoms with van der Waals surface area (Å²) in [4.78, 5) is 39.5. The zero-order valence-electron chi connectivity index (χ0n) is 19.7. The molecule has 1 N–H and O–H groups in total. The number of hydrogen-bond acceptors (Lipinski definition) is 8. The zero-order valence-corrected chi connectivity index (χ0v) is 21.4. The van der Waals surface area contributed by atoms with Crippen molar-refractivity contribution < 1.29 is 19.4 Å². The molecule has 1 aliphatic heterocycles.